The molecule has 1 aliphatic rings. The minimum Gasteiger partial charge on any atom is -0.378 e. The molecule has 22 heavy (non-hydrogen) atoms. The van der Waals surface area contributed by atoms with E-state index < -0.39 is 0 Å². The van der Waals surface area contributed by atoms with Gasteiger partial charge in [0.1, 0.15) is 5.76 Å². The molecule has 1 fully saturated rings. The molecule has 4 rings (SSSR count). The minimum absolute atomic E-state index is 0.722. The third-order valence-corrected chi connectivity index (χ3v) is 4.01. The van der Waals surface area contributed by atoms with Crippen molar-refractivity contribution in [3.63, 3.8) is 0 Å². The number of imidazole rings is 1. The molecule has 0 radical (unpaired) electrons. The number of anilines is 1. The quantitative estimate of drug-likeness (QED) is 0.719. The second-order valence-electron chi connectivity index (χ2n) is 5.39. The van der Waals surface area contributed by atoms with Crippen LogP contribution >= 0.6 is 0 Å². The van der Waals surface area contributed by atoms with Crippen LogP contribution in [0.25, 0.3) is 16.9 Å². The number of aryl methyl sites for hydroxylation is 2. The average Bonchev–Trinajstić information content (AvgIpc) is 3.11. The van der Waals surface area contributed by atoms with Crippen LogP contribution in [0, 0.1) is 13.8 Å². The van der Waals surface area contributed by atoms with Crippen LogP contribution in [0.3, 0.4) is 0 Å². The van der Waals surface area contributed by atoms with E-state index in [1.165, 1.54) is 0 Å². The van der Waals surface area contributed by atoms with E-state index in [9.17, 15) is 0 Å². The number of morpholine rings is 1. The topological polar surface area (TPSA) is 68.7 Å². The highest BCUT2D eigenvalue weighted by molar-refractivity contribution is 5.73. The van der Waals surface area contributed by atoms with Gasteiger partial charge in [0.05, 0.1) is 36.4 Å². The highest BCUT2D eigenvalue weighted by Crippen LogP contribution is 2.29. The Balaban J connectivity index is 1.86. The van der Waals surface area contributed by atoms with Gasteiger partial charge in [-0.15, -0.1) is 0 Å². The highest BCUT2D eigenvalue weighted by atomic mass is 16.5. The lowest BCUT2D eigenvalue weighted by atomic mass is 10.1. The van der Waals surface area contributed by atoms with Gasteiger partial charge in [0.2, 0.25) is 0 Å². The number of hydrogen-bond acceptors (Lipinski definition) is 6. The minimum atomic E-state index is 0.722. The van der Waals surface area contributed by atoms with Crippen LogP contribution in [0.5, 0.6) is 0 Å². The second kappa shape index (κ2) is 5.10. The fourth-order valence-electron chi connectivity index (χ4n) is 2.94. The predicted molar refractivity (Wildman–Crippen MR) is 81.0 cm³/mol. The number of hydrogen-bond donors (Lipinski definition) is 0. The molecule has 0 aromatic carbocycles. The Bertz CT molecular complexity index is 797. The van der Waals surface area contributed by atoms with Gasteiger partial charge >= 0.3 is 0 Å². The lowest BCUT2D eigenvalue weighted by Crippen LogP contribution is -2.37. The van der Waals surface area contributed by atoms with Crippen LogP contribution in [0.15, 0.2) is 23.1 Å². The smallest absolute Gasteiger partial charge is 0.180 e. The summed E-state index contributed by atoms with van der Waals surface area (Å²) in [7, 11) is 0. The number of rotatable bonds is 2. The zero-order valence-electron chi connectivity index (χ0n) is 12.6. The van der Waals surface area contributed by atoms with Gasteiger partial charge in [-0.25, -0.2) is 9.97 Å². The zero-order valence-corrected chi connectivity index (χ0v) is 12.6. The monoisotopic (exact) mass is 299 g/mol. The Morgan fingerprint density at radius 1 is 1.14 bits per heavy atom. The van der Waals surface area contributed by atoms with Crippen LogP contribution < -0.4 is 4.90 Å². The molecule has 0 unspecified atom stereocenters. The number of ether oxygens (including phenoxy) is 1. The number of nitrogens with zero attached hydrogens (tertiary/aromatic N) is 5. The lowest BCUT2D eigenvalue weighted by Gasteiger charge is -2.27. The van der Waals surface area contributed by atoms with Gasteiger partial charge in [-0.1, -0.05) is 5.16 Å². The van der Waals surface area contributed by atoms with Crippen LogP contribution in [-0.2, 0) is 4.74 Å². The van der Waals surface area contributed by atoms with E-state index in [1.54, 1.807) is 6.20 Å². The maximum atomic E-state index is 5.41. The van der Waals surface area contributed by atoms with Gasteiger partial charge in [0.25, 0.3) is 0 Å². The summed E-state index contributed by atoms with van der Waals surface area (Å²) >= 11 is 0. The summed E-state index contributed by atoms with van der Waals surface area (Å²) in [6.45, 7) is 6.97. The van der Waals surface area contributed by atoms with E-state index in [-0.39, 0.29) is 0 Å². The first-order valence-electron chi connectivity index (χ1n) is 7.33. The highest BCUT2D eigenvalue weighted by Gasteiger charge is 2.20. The molecule has 4 heterocycles. The number of fused-ring (bicyclic) bond motifs is 1. The SMILES string of the molecule is Cc1noc(C)c1-c1cnc2c(N3CCOCC3)nccn12. The largest absolute Gasteiger partial charge is 0.378 e. The van der Waals surface area contributed by atoms with Crippen molar-refractivity contribution < 1.29 is 9.26 Å². The molecule has 0 atom stereocenters. The molecule has 0 N–H and O–H groups in total. The Labute approximate surface area is 127 Å². The molecule has 7 nitrogen and oxygen atoms in total. The predicted octanol–water partition coefficient (Wildman–Crippen LogP) is 1.84. The summed E-state index contributed by atoms with van der Waals surface area (Å²) in [4.78, 5) is 11.3. The van der Waals surface area contributed by atoms with E-state index in [2.05, 4.69) is 20.0 Å². The molecule has 3 aromatic rings. The van der Waals surface area contributed by atoms with Crippen molar-refractivity contribution in [3.05, 3.63) is 30.0 Å². The van der Waals surface area contributed by atoms with E-state index in [0.29, 0.717) is 0 Å². The lowest BCUT2D eigenvalue weighted by molar-refractivity contribution is 0.122. The summed E-state index contributed by atoms with van der Waals surface area (Å²) in [5.41, 5.74) is 3.68. The van der Waals surface area contributed by atoms with Crippen LogP contribution in [0.1, 0.15) is 11.5 Å². The summed E-state index contributed by atoms with van der Waals surface area (Å²) in [6.07, 6.45) is 5.59. The first kappa shape index (κ1) is 13.3. The van der Waals surface area contributed by atoms with Crippen molar-refractivity contribution >= 4 is 11.5 Å². The van der Waals surface area contributed by atoms with Crippen molar-refractivity contribution in [3.8, 4) is 11.3 Å². The fourth-order valence-corrected chi connectivity index (χ4v) is 2.94. The van der Waals surface area contributed by atoms with Gasteiger partial charge < -0.3 is 14.2 Å². The first-order chi connectivity index (χ1) is 10.8. The Morgan fingerprint density at radius 3 is 2.68 bits per heavy atom. The second-order valence-corrected chi connectivity index (χ2v) is 5.39. The fraction of sp³-hybridized carbons (Fsp3) is 0.400. The summed E-state index contributed by atoms with van der Waals surface area (Å²) < 4.78 is 12.7. The van der Waals surface area contributed by atoms with Gasteiger partial charge in [0.15, 0.2) is 11.5 Å². The maximum absolute atomic E-state index is 5.41. The van der Waals surface area contributed by atoms with E-state index in [4.69, 9.17) is 9.26 Å². The molecule has 0 spiro atoms. The molecule has 1 saturated heterocycles. The van der Waals surface area contributed by atoms with E-state index >= 15 is 0 Å². The number of aromatic nitrogens is 4. The third-order valence-electron chi connectivity index (χ3n) is 4.01. The molecule has 0 bridgehead atoms. The Kier molecular flexibility index (Phi) is 3.07. The van der Waals surface area contributed by atoms with Crippen molar-refractivity contribution in [1.29, 1.82) is 0 Å². The van der Waals surface area contributed by atoms with Gasteiger partial charge in [0, 0.05) is 25.5 Å². The molecular formula is C15H17N5O2. The van der Waals surface area contributed by atoms with Crippen LogP contribution in [-0.4, -0.2) is 45.8 Å². The van der Waals surface area contributed by atoms with Gasteiger partial charge in [-0.05, 0) is 13.8 Å². The molecule has 1 aliphatic heterocycles. The molecule has 3 aromatic heterocycles. The maximum Gasteiger partial charge on any atom is 0.180 e. The summed E-state index contributed by atoms with van der Waals surface area (Å²) in [5, 5.41) is 4.03. The Morgan fingerprint density at radius 2 is 1.95 bits per heavy atom. The first-order valence-corrected chi connectivity index (χ1v) is 7.33. The van der Waals surface area contributed by atoms with E-state index in [0.717, 1.165) is 60.5 Å². The molecular weight excluding hydrogens is 282 g/mol. The zero-order chi connectivity index (χ0) is 15.1. The third kappa shape index (κ3) is 1.97. The molecule has 7 heteroatoms. The van der Waals surface area contributed by atoms with Crippen LogP contribution in [0.4, 0.5) is 5.82 Å². The van der Waals surface area contributed by atoms with Crippen molar-refractivity contribution in [2.24, 2.45) is 0 Å². The molecule has 0 saturated carbocycles. The molecule has 114 valence electrons. The van der Waals surface area contributed by atoms with Gasteiger partial charge in [-0.2, -0.15) is 0 Å². The van der Waals surface area contributed by atoms with Crippen molar-refractivity contribution in [2.45, 2.75) is 13.8 Å². The standard InChI is InChI=1S/C15H17N5O2/c1-10-13(11(2)22-18-10)12-9-17-15-14(16-3-4-20(12)15)19-5-7-21-8-6-19/h3-4,9H,5-8H2,1-2H3. The molecule has 0 aliphatic carbocycles. The average molecular weight is 299 g/mol. The summed E-state index contributed by atoms with van der Waals surface area (Å²) in [5.74, 6) is 1.69. The Hall–Kier alpha value is -2.41. The van der Waals surface area contributed by atoms with Crippen molar-refractivity contribution in [1.82, 2.24) is 19.5 Å². The van der Waals surface area contributed by atoms with Crippen molar-refractivity contribution in [2.75, 3.05) is 31.2 Å². The van der Waals surface area contributed by atoms with Gasteiger partial charge in [-0.3, -0.25) is 4.40 Å². The normalized spacial score (nSPS) is 15.6. The molecule has 0 amide bonds. The van der Waals surface area contributed by atoms with Crippen LogP contribution in [0.2, 0.25) is 0 Å². The van der Waals surface area contributed by atoms with E-state index in [1.807, 2.05) is 30.6 Å². The summed E-state index contributed by atoms with van der Waals surface area (Å²) in [6, 6.07) is 0.